The van der Waals surface area contributed by atoms with E-state index in [9.17, 15) is 9.18 Å². The summed E-state index contributed by atoms with van der Waals surface area (Å²) in [6, 6.07) is 11.3. The number of nitrogens with one attached hydrogen (secondary N) is 2. The van der Waals surface area contributed by atoms with Gasteiger partial charge in [0.15, 0.2) is 0 Å². The molecule has 3 aromatic rings. The van der Waals surface area contributed by atoms with Gasteiger partial charge in [-0.25, -0.2) is 14.2 Å². The monoisotopic (exact) mass is 415 g/mol. The van der Waals surface area contributed by atoms with E-state index >= 15 is 0 Å². The van der Waals surface area contributed by atoms with Crippen LogP contribution in [0.2, 0.25) is 5.02 Å². The normalized spacial score (nSPS) is 11.9. The van der Waals surface area contributed by atoms with Gasteiger partial charge in [0, 0.05) is 43.0 Å². The molecule has 29 heavy (non-hydrogen) atoms. The van der Waals surface area contributed by atoms with Crippen LogP contribution in [-0.2, 0) is 0 Å². The Kier molecular flexibility index (Phi) is 6.51. The van der Waals surface area contributed by atoms with Crippen molar-refractivity contribution in [3.8, 4) is 0 Å². The molecule has 0 aliphatic carbocycles. The number of hydrogen-bond acceptors (Lipinski definition) is 4. The number of rotatable bonds is 6. The molecule has 0 saturated carbocycles. The average Bonchev–Trinajstić information content (AvgIpc) is 2.73. The zero-order valence-corrected chi connectivity index (χ0v) is 17.0. The average molecular weight is 416 g/mol. The second kappa shape index (κ2) is 9.07. The molecule has 0 aliphatic rings. The van der Waals surface area contributed by atoms with Crippen LogP contribution in [0.15, 0.2) is 48.7 Å². The molecule has 8 heteroatoms. The highest BCUT2D eigenvalue weighted by Crippen LogP contribution is 2.31. The van der Waals surface area contributed by atoms with Gasteiger partial charge in [-0.05, 0) is 30.5 Å². The summed E-state index contributed by atoms with van der Waals surface area (Å²) >= 11 is 5.79. The van der Waals surface area contributed by atoms with Gasteiger partial charge in [-0.1, -0.05) is 35.9 Å². The largest absolute Gasteiger partial charge is 0.368 e. The van der Waals surface area contributed by atoms with Crippen molar-refractivity contribution in [2.45, 2.75) is 13.0 Å². The summed E-state index contributed by atoms with van der Waals surface area (Å²) in [5.41, 5.74) is 6.91. The van der Waals surface area contributed by atoms with E-state index in [0.29, 0.717) is 18.8 Å². The van der Waals surface area contributed by atoms with E-state index in [-0.39, 0.29) is 17.1 Å². The molecule has 1 atom stereocenters. The van der Waals surface area contributed by atoms with E-state index in [2.05, 4.69) is 15.6 Å². The van der Waals surface area contributed by atoms with Crippen molar-refractivity contribution in [3.63, 3.8) is 0 Å². The molecular formula is C21H23ClFN5O. The van der Waals surface area contributed by atoms with Crippen LogP contribution >= 0.6 is 11.6 Å². The van der Waals surface area contributed by atoms with Gasteiger partial charge in [0.1, 0.15) is 11.6 Å². The van der Waals surface area contributed by atoms with Crippen molar-refractivity contribution in [2.24, 2.45) is 5.73 Å². The van der Waals surface area contributed by atoms with Gasteiger partial charge in [-0.2, -0.15) is 0 Å². The first kappa shape index (κ1) is 20.8. The summed E-state index contributed by atoms with van der Waals surface area (Å²) < 4.78 is 13.3. The van der Waals surface area contributed by atoms with E-state index in [1.165, 1.54) is 18.2 Å². The number of nitrogens with two attached hydrogens (primary N) is 1. The van der Waals surface area contributed by atoms with Crippen molar-refractivity contribution < 1.29 is 9.18 Å². The smallest absolute Gasteiger partial charge is 0.322 e. The van der Waals surface area contributed by atoms with Gasteiger partial charge in [-0.15, -0.1) is 0 Å². The summed E-state index contributed by atoms with van der Waals surface area (Å²) in [6.07, 6.45) is 1.77. The molecule has 152 valence electrons. The topological polar surface area (TPSA) is 83.3 Å². The number of hydrogen-bond donors (Lipinski definition) is 3. The Morgan fingerprint density at radius 3 is 2.69 bits per heavy atom. The highest BCUT2D eigenvalue weighted by molar-refractivity contribution is 6.31. The molecule has 1 heterocycles. The summed E-state index contributed by atoms with van der Waals surface area (Å²) in [7, 11) is 1.69. The number of carbonyl (C=O) groups excluding carboxylic acids is 1. The van der Waals surface area contributed by atoms with Crippen molar-refractivity contribution in [1.29, 1.82) is 0 Å². The third kappa shape index (κ3) is 4.58. The summed E-state index contributed by atoms with van der Waals surface area (Å²) in [5, 5.41) is 7.88. The number of carbonyl (C=O) groups is 1. The predicted octanol–water partition coefficient (Wildman–Crippen LogP) is 4.62. The fraction of sp³-hybridized carbons (Fsp3) is 0.238. The Balaban J connectivity index is 1.85. The maximum atomic E-state index is 13.3. The quantitative estimate of drug-likeness (QED) is 0.548. The number of urea groups is 1. The standard InChI is InChI=1S/C21H23ClFN5O/c1-13(28(2)21(29)27-14-7-8-19(23)18(22)11-14)17-12-26-20(25-10-9-24)16-6-4-3-5-15(16)17/h3-8,11-13H,9-10,24H2,1-2H3,(H,25,26)(H,27,29). The highest BCUT2D eigenvalue weighted by atomic mass is 35.5. The molecule has 0 bridgehead atoms. The molecule has 0 fully saturated rings. The predicted molar refractivity (Wildman–Crippen MR) is 116 cm³/mol. The molecule has 0 saturated heterocycles. The van der Waals surface area contributed by atoms with Gasteiger partial charge >= 0.3 is 6.03 Å². The maximum absolute atomic E-state index is 13.3. The Morgan fingerprint density at radius 2 is 2.00 bits per heavy atom. The van der Waals surface area contributed by atoms with Crippen LogP contribution in [0.4, 0.5) is 20.7 Å². The first-order valence-electron chi connectivity index (χ1n) is 9.22. The molecule has 0 radical (unpaired) electrons. The number of aromatic nitrogens is 1. The molecule has 3 rings (SSSR count). The molecule has 1 unspecified atom stereocenters. The number of amides is 2. The summed E-state index contributed by atoms with van der Waals surface area (Å²) in [5.74, 6) is 0.224. The Morgan fingerprint density at radius 1 is 1.28 bits per heavy atom. The van der Waals surface area contributed by atoms with Crippen molar-refractivity contribution in [2.75, 3.05) is 30.8 Å². The Bertz CT molecular complexity index is 1030. The number of halogens is 2. The lowest BCUT2D eigenvalue weighted by atomic mass is 10.0. The van der Waals surface area contributed by atoms with Gasteiger partial charge < -0.3 is 21.3 Å². The zero-order chi connectivity index (χ0) is 21.0. The van der Waals surface area contributed by atoms with Gasteiger partial charge in [0.25, 0.3) is 0 Å². The fourth-order valence-electron chi connectivity index (χ4n) is 3.05. The Hall–Kier alpha value is -2.90. The van der Waals surface area contributed by atoms with Crippen molar-refractivity contribution in [1.82, 2.24) is 9.88 Å². The number of benzene rings is 2. The van der Waals surface area contributed by atoms with Gasteiger partial charge in [0.2, 0.25) is 0 Å². The second-order valence-electron chi connectivity index (χ2n) is 6.67. The maximum Gasteiger partial charge on any atom is 0.322 e. The van der Waals surface area contributed by atoms with E-state index in [0.717, 1.165) is 22.2 Å². The van der Waals surface area contributed by atoms with Crippen LogP contribution in [-0.4, -0.2) is 36.1 Å². The first-order valence-corrected chi connectivity index (χ1v) is 9.60. The number of anilines is 2. The molecular weight excluding hydrogens is 393 g/mol. The molecule has 2 amide bonds. The SMILES string of the molecule is CC(c1cnc(NCCN)c2ccccc12)N(C)C(=O)Nc1ccc(F)c(Cl)c1. The minimum atomic E-state index is -0.535. The van der Waals surface area contributed by atoms with E-state index in [1.54, 1.807) is 18.1 Å². The van der Waals surface area contributed by atoms with Crippen LogP contribution in [0.1, 0.15) is 18.5 Å². The lowest BCUT2D eigenvalue weighted by Gasteiger charge is -2.27. The lowest BCUT2D eigenvalue weighted by molar-refractivity contribution is 0.208. The third-order valence-corrected chi connectivity index (χ3v) is 5.07. The van der Waals surface area contributed by atoms with Gasteiger partial charge in [0.05, 0.1) is 11.1 Å². The Labute approximate surface area is 173 Å². The first-order chi connectivity index (χ1) is 13.9. The number of nitrogens with zero attached hydrogens (tertiary/aromatic N) is 2. The number of pyridine rings is 1. The summed E-state index contributed by atoms with van der Waals surface area (Å²) in [4.78, 5) is 18.8. The van der Waals surface area contributed by atoms with Crippen molar-refractivity contribution >= 4 is 39.9 Å². The molecule has 1 aromatic heterocycles. The molecule has 2 aromatic carbocycles. The van der Waals surface area contributed by atoms with Gasteiger partial charge in [-0.3, -0.25) is 0 Å². The molecule has 4 N–H and O–H groups in total. The van der Waals surface area contributed by atoms with Crippen LogP contribution in [0.5, 0.6) is 0 Å². The fourth-order valence-corrected chi connectivity index (χ4v) is 3.23. The molecule has 6 nitrogen and oxygen atoms in total. The van der Waals surface area contributed by atoms with E-state index < -0.39 is 5.82 Å². The minimum absolute atomic E-state index is 0.0470. The lowest BCUT2D eigenvalue weighted by Crippen LogP contribution is -2.33. The van der Waals surface area contributed by atoms with Crippen LogP contribution in [0, 0.1) is 5.82 Å². The van der Waals surface area contributed by atoms with E-state index in [1.807, 2.05) is 31.2 Å². The molecule has 0 spiro atoms. The third-order valence-electron chi connectivity index (χ3n) is 4.78. The zero-order valence-electron chi connectivity index (χ0n) is 16.2. The minimum Gasteiger partial charge on any atom is -0.368 e. The second-order valence-corrected chi connectivity index (χ2v) is 7.08. The number of fused-ring (bicyclic) bond motifs is 1. The van der Waals surface area contributed by atoms with Crippen LogP contribution in [0.3, 0.4) is 0 Å². The van der Waals surface area contributed by atoms with Crippen LogP contribution in [0.25, 0.3) is 10.8 Å². The van der Waals surface area contributed by atoms with Crippen molar-refractivity contribution in [3.05, 3.63) is 65.1 Å². The van der Waals surface area contributed by atoms with E-state index in [4.69, 9.17) is 17.3 Å². The molecule has 0 aliphatic heterocycles. The van der Waals surface area contributed by atoms with Crippen LogP contribution < -0.4 is 16.4 Å². The summed E-state index contributed by atoms with van der Waals surface area (Å²) in [6.45, 7) is 3.05. The highest BCUT2D eigenvalue weighted by Gasteiger charge is 2.21.